The summed E-state index contributed by atoms with van der Waals surface area (Å²) in [5.41, 5.74) is 4.82. The lowest BCUT2D eigenvalue weighted by Crippen LogP contribution is -2.38. The molecule has 28 heavy (non-hydrogen) atoms. The summed E-state index contributed by atoms with van der Waals surface area (Å²) in [7, 11) is 0. The Hall–Kier alpha value is -2.25. The van der Waals surface area contributed by atoms with Crippen LogP contribution in [-0.4, -0.2) is 23.3 Å². The van der Waals surface area contributed by atoms with Gasteiger partial charge in [0.1, 0.15) is 0 Å². The maximum atomic E-state index is 12.2. The summed E-state index contributed by atoms with van der Waals surface area (Å²) in [5, 5.41) is 11.2. The van der Waals surface area contributed by atoms with Crippen LogP contribution in [0, 0.1) is 0 Å². The van der Waals surface area contributed by atoms with Crippen LogP contribution < -0.4 is 16.1 Å². The molecule has 0 radical (unpaired) electrons. The van der Waals surface area contributed by atoms with E-state index in [1.165, 1.54) is 32.1 Å². The molecule has 0 heterocycles. The molecular formula is C21H23BrN4OS. The second-order valence-electron chi connectivity index (χ2n) is 6.76. The second-order valence-corrected chi connectivity index (χ2v) is 8.09. The fourth-order valence-electron chi connectivity index (χ4n) is 3.08. The minimum atomic E-state index is -0.261. The maximum absolute atomic E-state index is 12.2. The Kier molecular flexibility index (Phi) is 7.56. The standard InChI is InChI=1S/C21H23BrN4OS/c22-17-10-6-15(7-11-17)14-23-26-20(27)16-8-12-19(13-9-16)25-21(28)24-18-4-2-1-3-5-18/h6-14,18H,1-5H2,(H,26,27)(H2,24,25,28)/b23-14-. The number of amides is 1. The van der Waals surface area contributed by atoms with Crippen LogP contribution >= 0.6 is 28.1 Å². The molecule has 0 atom stereocenters. The summed E-state index contributed by atoms with van der Waals surface area (Å²) in [6, 6.07) is 15.3. The number of rotatable bonds is 5. The second kappa shape index (κ2) is 10.3. The van der Waals surface area contributed by atoms with E-state index in [0.717, 1.165) is 15.7 Å². The van der Waals surface area contributed by atoms with Gasteiger partial charge in [0.2, 0.25) is 0 Å². The van der Waals surface area contributed by atoms with Gasteiger partial charge in [-0.1, -0.05) is 47.3 Å². The first kappa shape index (κ1) is 20.5. The van der Waals surface area contributed by atoms with E-state index in [1.54, 1.807) is 18.3 Å². The molecule has 3 N–H and O–H groups in total. The number of carbonyl (C=O) groups is 1. The van der Waals surface area contributed by atoms with E-state index in [4.69, 9.17) is 12.2 Å². The van der Waals surface area contributed by atoms with E-state index in [1.807, 2.05) is 36.4 Å². The predicted octanol–water partition coefficient (Wildman–Crippen LogP) is 4.83. The highest BCUT2D eigenvalue weighted by molar-refractivity contribution is 9.10. The lowest BCUT2D eigenvalue weighted by molar-refractivity contribution is 0.0955. The Labute approximate surface area is 179 Å². The first-order chi connectivity index (χ1) is 13.6. The average molecular weight is 459 g/mol. The monoisotopic (exact) mass is 458 g/mol. The van der Waals surface area contributed by atoms with Crippen molar-refractivity contribution in [2.24, 2.45) is 5.10 Å². The molecule has 2 aromatic carbocycles. The van der Waals surface area contributed by atoms with Gasteiger partial charge >= 0.3 is 0 Å². The summed E-state index contributed by atoms with van der Waals surface area (Å²) in [5.74, 6) is -0.261. The van der Waals surface area contributed by atoms with Crippen LogP contribution in [0.25, 0.3) is 0 Å². The van der Waals surface area contributed by atoms with Crippen LogP contribution in [0.2, 0.25) is 0 Å². The molecule has 3 rings (SSSR count). The van der Waals surface area contributed by atoms with Gasteiger partial charge in [0.15, 0.2) is 5.11 Å². The molecule has 0 aromatic heterocycles. The Morgan fingerprint density at radius 2 is 1.71 bits per heavy atom. The summed E-state index contributed by atoms with van der Waals surface area (Å²) in [4.78, 5) is 12.2. The first-order valence-corrected chi connectivity index (χ1v) is 10.6. The third-order valence-electron chi connectivity index (χ3n) is 4.60. The lowest BCUT2D eigenvalue weighted by atomic mass is 9.96. The van der Waals surface area contributed by atoms with Gasteiger partial charge < -0.3 is 10.6 Å². The molecule has 1 fully saturated rings. The molecule has 146 valence electrons. The zero-order valence-corrected chi connectivity index (χ0v) is 17.9. The molecular weight excluding hydrogens is 436 g/mol. The van der Waals surface area contributed by atoms with Crippen molar-refractivity contribution in [2.75, 3.05) is 5.32 Å². The van der Waals surface area contributed by atoms with Gasteiger partial charge in [0, 0.05) is 21.8 Å². The van der Waals surface area contributed by atoms with Crippen molar-refractivity contribution >= 4 is 51.1 Å². The molecule has 7 heteroatoms. The topological polar surface area (TPSA) is 65.5 Å². The number of thiocarbonyl (C=S) groups is 1. The van der Waals surface area contributed by atoms with Crippen LogP contribution in [0.3, 0.4) is 0 Å². The molecule has 2 aromatic rings. The Balaban J connectivity index is 1.48. The van der Waals surface area contributed by atoms with Crippen LogP contribution in [0.5, 0.6) is 0 Å². The molecule has 0 saturated heterocycles. The van der Waals surface area contributed by atoms with E-state index in [0.29, 0.717) is 16.7 Å². The van der Waals surface area contributed by atoms with Crippen molar-refractivity contribution in [1.82, 2.24) is 10.7 Å². The Morgan fingerprint density at radius 1 is 1.04 bits per heavy atom. The van der Waals surface area contributed by atoms with E-state index in [9.17, 15) is 4.79 Å². The van der Waals surface area contributed by atoms with Crippen LogP contribution in [0.15, 0.2) is 58.1 Å². The van der Waals surface area contributed by atoms with Crippen molar-refractivity contribution in [3.8, 4) is 0 Å². The number of hydrazone groups is 1. The molecule has 1 amide bonds. The van der Waals surface area contributed by atoms with Crippen molar-refractivity contribution in [1.29, 1.82) is 0 Å². The van der Waals surface area contributed by atoms with Gasteiger partial charge in [0.25, 0.3) is 5.91 Å². The molecule has 5 nitrogen and oxygen atoms in total. The smallest absolute Gasteiger partial charge is 0.271 e. The van der Waals surface area contributed by atoms with E-state index >= 15 is 0 Å². The molecule has 1 saturated carbocycles. The van der Waals surface area contributed by atoms with E-state index in [2.05, 4.69) is 37.1 Å². The van der Waals surface area contributed by atoms with Gasteiger partial charge in [-0.3, -0.25) is 4.79 Å². The number of benzene rings is 2. The van der Waals surface area contributed by atoms with Gasteiger partial charge in [-0.15, -0.1) is 0 Å². The fraction of sp³-hybridized carbons (Fsp3) is 0.286. The van der Waals surface area contributed by atoms with Gasteiger partial charge in [-0.25, -0.2) is 5.43 Å². The lowest BCUT2D eigenvalue weighted by Gasteiger charge is -2.24. The van der Waals surface area contributed by atoms with Crippen molar-refractivity contribution in [3.05, 3.63) is 64.1 Å². The number of hydrogen-bond acceptors (Lipinski definition) is 3. The highest BCUT2D eigenvalue weighted by Crippen LogP contribution is 2.18. The molecule has 1 aliphatic rings. The third-order valence-corrected chi connectivity index (χ3v) is 5.34. The number of carbonyl (C=O) groups excluding carboxylic acids is 1. The van der Waals surface area contributed by atoms with Crippen LogP contribution in [0.1, 0.15) is 48.0 Å². The number of hydrogen-bond donors (Lipinski definition) is 3. The fourth-order valence-corrected chi connectivity index (χ4v) is 3.63. The van der Waals surface area contributed by atoms with E-state index < -0.39 is 0 Å². The maximum Gasteiger partial charge on any atom is 0.271 e. The summed E-state index contributed by atoms with van der Waals surface area (Å²) in [6.45, 7) is 0. The SMILES string of the molecule is O=C(N/N=C\c1ccc(Br)cc1)c1ccc(NC(=S)NC2CCCCC2)cc1. The summed E-state index contributed by atoms with van der Waals surface area (Å²) in [6.07, 6.45) is 7.77. The predicted molar refractivity (Wildman–Crippen MR) is 122 cm³/mol. The molecule has 0 unspecified atom stereocenters. The van der Waals surface area contributed by atoms with Crippen molar-refractivity contribution < 1.29 is 4.79 Å². The third kappa shape index (κ3) is 6.42. The van der Waals surface area contributed by atoms with Crippen molar-refractivity contribution in [3.63, 3.8) is 0 Å². The number of nitrogens with zero attached hydrogens (tertiary/aromatic N) is 1. The molecule has 0 spiro atoms. The van der Waals surface area contributed by atoms with Crippen LogP contribution in [0.4, 0.5) is 5.69 Å². The van der Waals surface area contributed by atoms with Gasteiger partial charge in [-0.2, -0.15) is 5.10 Å². The van der Waals surface area contributed by atoms with Gasteiger partial charge in [-0.05, 0) is 67.0 Å². The number of anilines is 1. The molecule has 0 aliphatic heterocycles. The Morgan fingerprint density at radius 3 is 2.39 bits per heavy atom. The van der Waals surface area contributed by atoms with E-state index in [-0.39, 0.29) is 5.91 Å². The number of nitrogens with one attached hydrogen (secondary N) is 3. The summed E-state index contributed by atoms with van der Waals surface area (Å²) < 4.78 is 0.996. The largest absolute Gasteiger partial charge is 0.360 e. The summed E-state index contributed by atoms with van der Waals surface area (Å²) >= 11 is 8.77. The Bertz CT molecular complexity index is 830. The zero-order chi connectivity index (χ0) is 19.8. The van der Waals surface area contributed by atoms with Crippen molar-refractivity contribution in [2.45, 2.75) is 38.1 Å². The highest BCUT2D eigenvalue weighted by atomic mass is 79.9. The molecule has 1 aliphatic carbocycles. The number of halogens is 1. The molecule has 0 bridgehead atoms. The minimum Gasteiger partial charge on any atom is -0.360 e. The van der Waals surface area contributed by atoms with Crippen LogP contribution in [-0.2, 0) is 0 Å². The normalized spacial score (nSPS) is 14.6. The highest BCUT2D eigenvalue weighted by Gasteiger charge is 2.14. The quantitative estimate of drug-likeness (QED) is 0.341. The minimum absolute atomic E-state index is 0.261. The average Bonchev–Trinajstić information content (AvgIpc) is 2.70. The zero-order valence-electron chi connectivity index (χ0n) is 15.5. The van der Waals surface area contributed by atoms with Gasteiger partial charge in [0.05, 0.1) is 6.21 Å². The first-order valence-electron chi connectivity index (χ1n) is 9.37.